The summed E-state index contributed by atoms with van der Waals surface area (Å²) in [5, 5.41) is 0. The van der Waals surface area contributed by atoms with Crippen molar-refractivity contribution >= 4 is 0 Å². The SMILES string of the molecule is Cc1cc(C)cc(C[N+]2(C)CCC3(CC[N+](C)(Cc4cc(C)cc(C)c4)C3)C2)c1. The minimum absolute atomic E-state index is 0.543. The molecular weight excluding hydrogens is 352 g/mol. The van der Waals surface area contributed by atoms with E-state index in [1.165, 1.54) is 94.5 Å². The van der Waals surface area contributed by atoms with Crippen LogP contribution >= 0.6 is 0 Å². The van der Waals surface area contributed by atoms with Gasteiger partial charge in [0.05, 0.1) is 45.7 Å². The molecule has 0 aromatic heterocycles. The van der Waals surface area contributed by atoms with E-state index in [-0.39, 0.29) is 0 Å². The normalized spacial score (nSPS) is 31.7. The summed E-state index contributed by atoms with van der Waals surface area (Å²) in [5.41, 5.74) is 9.19. The highest BCUT2D eigenvalue weighted by Crippen LogP contribution is 2.45. The van der Waals surface area contributed by atoms with Crippen LogP contribution in [0.3, 0.4) is 0 Å². The number of aryl methyl sites for hydroxylation is 4. The second kappa shape index (κ2) is 7.25. The van der Waals surface area contributed by atoms with Crippen molar-refractivity contribution in [3.63, 3.8) is 0 Å². The highest BCUT2D eigenvalue weighted by Gasteiger charge is 2.55. The first kappa shape index (κ1) is 20.6. The molecule has 2 heteroatoms. The zero-order valence-corrected chi connectivity index (χ0v) is 19.5. The fraction of sp³-hybridized carbons (Fsp3) is 0.556. The lowest BCUT2D eigenvalue weighted by atomic mass is 9.86. The summed E-state index contributed by atoms with van der Waals surface area (Å²) in [4.78, 5) is 0. The molecule has 2 aliphatic heterocycles. The molecule has 2 saturated heterocycles. The molecule has 2 heterocycles. The number of rotatable bonds is 4. The minimum atomic E-state index is 0.543. The number of benzene rings is 2. The first-order chi connectivity index (χ1) is 13.6. The summed E-state index contributed by atoms with van der Waals surface area (Å²) in [7, 11) is 5.00. The van der Waals surface area contributed by atoms with E-state index < -0.39 is 0 Å². The predicted octanol–water partition coefficient (Wildman–Crippen LogP) is 5.31. The van der Waals surface area contributed by atoms with Gasteiger partial charge in [0, 0.05) is 24.0 Å². The average molecular weight is 393 g/mol. The molecule has 29 heavy (non-hydrogen) atoms. The Labute approximate surface area is 178 Å². The fourth-order valence-electron chi connectivity index (χ4n) is 6.76. The Hall–Kier alpha value is -1.64. The van der Waals surface area contributed by atoms with E-state index in [9.17, 15) is 0 Å². The third-order valence-corrected chi connectivity index (χ3v) is 7.49. The van der Waals surface area contributed by atoms with Crippen LogP contribution in [0.5, 0.6) is 0 Å². The molecule has 0 radical (unpaired) electrons. The van der Waals surface area contributed by atoms with E-state index in [4.69, 9.17) is 0 Å². The Kier molecular flexibility index (Phi) is 5.16. The summed E-state index contributed by atoms with van der Waals surface area (Å²) in [6.07, 6.45) is 2.80. The number of nitrogens with zero attached hydrogens (tertiary/aromatic N) is 2. The van der Waals surface area contributed by atoms with Gasteiger partial charge in [-0.25, -0.2) is 0 Å². The maximum absolute atomic E-state index is 2.50. The highest BCUT2D eigenvalue weighted by molar-refractivity contribution is 5.29. The van der Waals surface area contributed by atoms with Crippen LogP contribution in [0, 0.1) is 33.1 Å². The molecule has 2 aliphatic rings. The molecule has 0 amide bonds. The van der Waals surface area contributed by atoms with Crippen molar-refractivity contribution in [2.24, 2.45) is 5.41 Å². The first-order valence-corrected chi connectivity index (χ1v) is 11.4. The Morgan fingerprint density at radius 1 is 0.621 bits per heavy atom. The van der Waals surface area contributed by atoms with Crippen LogP contribution in [0.4, 0.5) is 0 Å². The number of hydrogen-bond donors (Lipinski definition) is 0. The number of hydrogen-bond acceptors (Lipinski definition) is 0. The average Bonchev–Trinajstić information content (AvgIpc) is 3.04. The van der Waals surface area contributed by atoms with Crippen molar-refractivity contribution in [2.75, 3.05) is 40.3 Å². The van der Waals surface area contributed by atoms with Crippen molar-refractivity contribution in [1.82, 2.24) is 0 Å². The molecule has 0 bridgehead atoms. The van der Waals surface area contributed by atoms with Gasteiger partial charge < -0.3 is 8.97 Å². The third kappa shape index (κ3) is 4.59. The molecule has 2 nitrogen and oxygen atoms in total. The molecule has 2 unspecified atom stereocenters. The van der Waals surface area contributed by atoms with Gasteiger partial charge >= 0.3 is 0 Å². The van der Waals surface area contributed by atoms with E-state index in [0.29, 0.717) is 5.41 Å². The van der Waals surface area contributed by atoms with Gasteiger partial charge in [0.15, 0.2) is 0 Å². The molecular formula is C27H40N2+2. The molecule has 2 aromatic rings. The highest BCUT2D eigenvalue weighted by atomic mass is 15.4. The fourth-order valence-corrected chi connectivity index (χ4v) is 6.76. The molecule has 0 saturated carbocycles. The van der Waals surface area contributed by atoms with Crippen molar-refractivity contribution in [3.05, 3.63) is 69.8 Å². The zero-order chi connectivity index (χ0) is 20.9. The van der Waals surface area contributed by atoms with Crippen LogP contribution in [0.15, 0.2) is 36.4 Å². The maximum Gasteiger partial charge on any atom is 0.104 e. The standard InChI is InChI=1S/C27H40N2/c1-21-11-22(2)14-25(13-21)17-28(5)9-7-27(19-28)8-10-29(6,20-27)18-26-15-23(3)12-24(4)16-26/h11-16H,7-10,17-20H2,1-6H3/q+2. The lowest BCUT2D eigenvalue weighted by molar-refractivity contribution is -0.925. The van der Waals surface area contributed by atoms with Crippen molar-refractivity contribution in [3.8, 4) is 0 Å². The van der Waals surface area contributed by atoms with E-state index in [2.05, 4.69) is 78.2 Å². The Balaban J connectivity index is 1.46. The van der Waals surface area contributed by atoms with E-state index >= 15 is 0 Å². The summed E-state index contributed by atoms with van der Waals surface area (Å²) in [5.74, 6) is 0. The molecule has 2 fully saturated rings. The Morgan fingerprint density at radius 2 is 0.966 bits per heavy atom. The van der Waals surface area contributed by atoms with Crippen LogP contribution in [0.25, 0.3) is 0 Å². The number of likely N-dealkylation sites (tertiary alicyclic amines) is 2. The van der Waals surface area contributed by atoms with E-state index in [0.717, 1.165) is 0 Å². The molecule has 2 atom stereocenters. The summed E-state index contributed by atoms with van der Waals surface area (Å²) in [6, 6.07) is 14.2. The van der Waals surface area contributed by atoms with E-state index in [1.54, 1.807) is 0 Å². The van der Waals surface area contributed by atoms with Gasteiger partial charge in [0.1, 0.15) is 13.1 Å². The summed E-state index contributed by atoms with van der Waals surface area (Å²) < 4.78 is 2.43. The van der Waals surface area contributed by atoms with E-state index in [1.807, 2.05) is 0 Å². The lowest BCUT2D eigenvalue weighted by Gasteiger charge is -2.34. The predicted molar refractivity (Wildman–Crippen MR) is 123 cm³/mol. The van der Waals surface area contributed by atoms with Crippen molar-refractivity contribution in [2.45, 2.75) is 53.6 Å². The monoisotopic (exact) mass is 392 g/mol. The van der Waals surface area contributed by atoms with Gasteiger partial charge in [0.2, 0.25) is 0 Å². The quantitative estimate of drug-likeness (QED) is 0.619. The summed E-state index contributed by atoms with van der Waals surface area (Å²) >= 11 is 0. The van der Waals surface area contributed by atoms with Gasteiger partial charge in [-0.15, -0.1) is 0 Å². The maximum atomic E-state index is 2.50. The second-order valence-corrected chi connectivity index (χ2v) is 11.3. The Bertz CT molecular complexity index is 799. The molecule has 156 valence electrons. The Morgan fingerprint density at radius 3 is 1.31 bits per heavy atom. The number of quaternary nitrogens is 2. The van der Waals surface area contributed by atoms with Crippen LogP contribution in [0.2, 0.25) is 0 Å². The van der Waals surface area contributed by atoms with Gasteiger partial charge in [0.25, 0.3) is 0 Å². The molecule has 0 N–H and O–H groups in total. The lowest BCUT2D eigenvalue weighted by Crippen LogP contribution is -2.46. The minimum Gasteiger partial charge on any atom is -0.322 e. The third-order valence-electron chi connectivity index (χ3n) is 7.49. The first-order valence-electron chi connectivity index (χ1n) is 11.4. The van der Waals surface area contributed by atoms with Crippen molar-refractivity contribution < 1.29 is 8.97 Å². The van der Waals surface area contributed by atoms with Crippen LogP contribution in [-0.4, -0.2) is 49.2 Å². The second-order valence-electron chi connectivity index (χ2n) is 11.3. The van der Waals surface area contributed by atoms with Gasteiger partial charge in [-0.3, -0.25) is 0 Å². The van der Waals surface area contributed by atoms with Gasteiger partial charge in [-0.2, -0.15) is 0 Å². The molecule has 2 aromatic carbocycles. The molecule has 4 rings (SSSR count). The topological polar surface area (TPSA) is 0 Å². The largest absolute Gasteiger partial charge is 0.322 e. The van der Waals surface area contributed by atoms with Crippen LogP contribution in [-0.2, 0) is 13.1 Å². The van der Waals surface area contributed by atoms with Crippen molar-refractivity contribution in [1.29, 1.82) is 0 Å². The molecule has 0 aliphatic carbocycles. The van der Waals surface area contributed by atoms with Crippen LogP contribution < -0.4 is 0 Å². The zero-order valence-electron chi connectivity index (χ0n) is 19.5. The van der Waals surface area contributed by atoms with Gasteiger partial charge in [-0.1, -0.05) is 58.7 Å². The van der Waals surface area contributed by atoms with Gasteiger partial charge in [-0.05, 0) is 27.7 Å². The smallest absolute Gasteiger partial charge is 0.104 e. The molecule has 1 spiro atoms. The van der Waals surface area contributed by atoms with Crippen LogP contribution in [0.1, 0.15) is 46.2 Å². The summed E-state index contributed by atoms with van der Waals surface area (Å²) in [6.45, 7) is 16.7.